The maximum Gasteiger partial charge on any atom is 0.248 e. The van der Waals surface area contributed by atoms with E-state index in [1.165, 1.54) is 0 Å². The third kappa shape index (κ3) is 3.04. The number of hydrogen-bond donors (Lipinski definition) is 1. The van der Waals surface area contributed by atoms with Crippen LogP contribution in [0.5, 0.6) is 5.88 Å². The Morgan fingerprint density at radius 2 is 1.94 bits per heavy atom. The van der Waals surface area contributed by atoms with Crippen LogP contribution < -0.4 is 10.5 Å². The third-order valence-corrected chi connectivity index (χ3v) is 2.26. The summed E-state index contributed by atoms with van der Waals surface area (Å²) in [7, 11) is 0. The highest BCUT2D eigenvalue weighted by Crippen LogP contribution is 2.09. The number of nitrogens with two attached hydrogens (primary N) is 1. The largest absolute Gasteiger partial charge is 0.473 e. The lowest BCUT2D eigenvalue weighted by atomic mass is 10.1. The molecule has 86 valence electrons. The van der Waals surface area contributed by atoms with Gasteiger partial charge in [0.25, 0.3) is 0 Å². The molecule has 1 aromatic carbocycles. The molecule has 1 heterocycles. The minimum absolute atomic E-state index is 0.413. The fourth-order valence-corrected chi connectivity index (χ4v) is 1.35. The lowest BCUT2D eigenvalue weighted by Gasteiger charge is -2.05. The van der Waals surface area contributed by atoms with Gasteiger partial charge in [-0.05, 0) is 23.8 Å². The number of hydrogen-bond acceptors (Lipinski definition) is 3. The minimum Gasteiger partial charge on any atom is -0.473 e. The zero-order valence-corrected chi connectivity index (χ0v) is 9.17. The first-order chi connectivity index (χ1) is 8.25. The Hall–Kier alpha value is -2.36. The number of carbonyl (C=O) groups is 1. The number of pyridine rings is 1. The van der Waals surface area contributed by atoms with Crippen molar-refractivity contribution in [1.82, 2.24) is 4.98 Å². The molecule has 0 aliphatic rings. The number of carbonyl (C=O) groups excluding carboxylic acids is 1. The fourth-order valence-electron chi connectivity index (χ4n) is 1.35. The molecule has 0 bridgehead atoms. The van der Waals surface area contributed by atoms with Crippen LogP contribution in [0.4, 0.5) is 0 Å². The highest BCUT2D eigenvalue weighted by molar-refractivity contribution is 5.92. The zero-order chi connectivity index (χ0) is 12.1. The molecule has 0 atom stereocenters. The molecular weight excluding hydrogens is 216 g/mol. The lowest BCUT2D eigenvalue weighted by Crippen LogP contribution is -2.10. The SMILES string of the molecule is NC(=O)c1ccc(COc2ccccn2)cc1. The molecule has 2 N–H and O–H groups in total. The first-order valence-electron chi connectivity index (χ1n) is 5.18. The third-order valence-electron chi connectivity index (χ3n) is 2.26. The first kappa shape index (κ1) is 11.1. The van der Waals surface area contributed by atoms with E-state index in [2.05, 4.69) is 4.98 Å². The maximum atomic E-state index is 10.9. The predicted octanol–water partition coefficient (Wildman–Crippen LogP) is 1.76. The van der Waals surface area contributed by atoms with Gasteiger partial charge < -0.3 is 10.5 Å². The molecule has 0 spiro atoms. The molecule has 0 aliphatic carbocycles. The summed E-state index contributed by atoms with van der Waals surface area (Å²) in [6.45, 7) is 0.413. The Morgan fingerprint density at radius 1 is 1.18 bits per heavy atom. The molecule has 4 heteroatoms. The summed E-state index contributed by atoms with van der Waals surface area (Å²) in [5.41, 5.74) is 6.60. The Balaban J connectivity index is 1.98. The number of aromatic nitrogens is 1. The Morgan fingerprint density at radius 3 is 2.53 bits per heavy atom. The van der Waals surface area contributed by atoms with Gasteiger partial charge in [-0.3, -0.25) is 4.79 Å². The van der Waals surface area contributed by atoms with Gasteiger partial charge in [0.05, 0.1) is 0 Å². The highest BCUT2D eigenvalue weighted by atomic mass is 16.5. The van der Waals surface area contributed by atoms with E-state index >= 15 is 0 Å². The molecule has 2 aromatic rings. The van der Waals surface area contributed by atoms with E-state index in [-0.39, 0.29) is 0 Å². The average molecular weight is 228 g/mol. The van der Waals surface area contributed by atoms with Gasteiger partial charge in [-0.15, -0.1) is 0 Å². The molecule has 17 heavy (non-hydrogen) atoms. The quantitative estimate of drug-likeness (QED) is 0.867. The Labute approximate surface area is 99.1 Å². The van der Waals surface area contributed by atoms with Crippen molar-refractivity contribution in [2.45, 2.75) is 6.61 Å². The zero-order valence-electron chi connectivity index (χ0n) is 9.17. The summed E-state index contributed by atoms with van der Waals surface area (Å²) >= 11 is 0. The number of primary amides is 1. The van der Waals surface area contributed by atoms with Crippen LogP contribution >= 0.6 is 0 Å². The molecule has 0 saturated heterocycles. The van der Waals surface area contributed by atoms with Gasteiger partial charge in [0.1, 0.15) is 6.61 Å². The van der Waals surface area contributed by atoms with Crippen LogP contribution in [0.1, 0.15) is 15.9 Å². The van der Waals surface area contributed by atoms with Gasteiger partial charge in [-0.25, -0.2) is 4.98 Å². The molecule has 0 unspecified atom stereocenters. The van der Waals surface area contributed by atoms with Crippen LogP contribution in [-0.4, -0.2) is 10.9 Å². The molecule has 0 radical (unpaired) electrons. The summed E-state index contributed by atoms with van der Waals surface area (Å²) in [5.74, 6) is 0.147. The van der Waals surface area contributed by atoms with Gasteiger partial charge in [-0.2, -0.15) is 0 Å². The smallest absolute Gasteiger partial charge is 0.248 e. The van der Waals surface area contributed by atoms with Crippen molar-refractivity contribution < 1.29 is 9.53 Å². The van der Waals surface area contributed by atoms with Crippen LogP contribution in [0.15, 0.2) is 48.7 Å². The number of nitrogens with zero attached hydrogens (tertiary/aromatic N) is 1. The van der Waals surface area contributed by atoms with Gasteiger partial charge in [0, 0.05) is 17.8 Å². The van der Waals surface area contributed by atoms with E-state index in [4.69, 9.17) is 10.5 Å². The summed E-state index contributed by atoms with van der Waals surface area (Å²) in [4.78, 5) is 14.9. The maximum absolute atomic E-state index is 10.9. The number of ether oxygens (including phenoxy) is 1. The summed E-state index contributed by atoms with van der Waals surface area (Å²) in [6, 6.07) is 12.5. The van der Waals surface area contributed by atoms with E-state index < -0.39 is 5.91 Å². The molecule has 0 aliphatic heterocycles. The summed E-state index contributed by atoms with van der Waals surface area (Å²) in [6.07, 6.45) is 1.67. The molecule has 4 nitrogen and oxygen atoms in total. The molecule has 0 fully saturated rings. The number of amides is 1. The fraction of sp³-hybridized carbons (Fsp3) is 0.0769. The van der Waals surface area contributed by atoms with Crippen molar-refractivity contribution in [3.05, 3.63) is 59.8 Å². The van der Waals surface area contributed by atoms with Crippen LogP contribution in [0.2, 0.25) is 0 Å². The lowest BCUT2D eigenvalue weighted by molar-refractivity contribution is 0.1000. The van der Waals surface area contributed by atoms with Crippen molar-refractivity contribution in [3.63, 3.8) is 0 Å². The first-order valence-corrected chi connectivity index (χ1v) is 5.18. The normalized spacial score (nSPS) is 9.88. The minimum atomic E-state index is -0.429. The van der Waals surface area contributed by atoms with Crippen molar-refractivity contribution >= 4 is 5.91 Å². The van der Waals surface area contributed by atoms with Gasteiger partial charge >= 0.3 is 0 Å². The second-order valence-corrected chi connectivity index (χ2v) is 3.52. The van der Waals surface area contributed by atoms with Gasteiger partial charge in [-0.1, -0.05) is 18.2 Å². The van der Waals surface area contributed by atoms with Crippen molar-refractivity contribution in [1.29, 1.82) is 0 Å². The second-order valence-electron chi connectivity index (χ2n) is 3.52. The van der Waals surface area contributed by atoms with Gasteiger partial charge in [0.2, 0.25) is 11.8 Å². The molecule has 2 rings (SSSR count). The van der Waals surface area contributed by atoms with Crippen molar-refractivity contribution in [2.75, 3.05) is 0 Å². The van der Waals surface area contributed by atoms with E-state index in [0.29, 0.717) is 18.1 Å². The monoisotopic (exact) mass is 228 g/mol. The molecular formula is C13H12N2O2. The Bertz CT molecular complexity index is 495. The van der Waals surface area contributed by atoms with Crippen LogP contribution in [0.25, 0.3) is 0 Å². The predicted molar refractivity (Wildman–Crippen MR) is 63.5 cm³/mol. The Kier molecular flexibility index (Phi) is 3.35. The van der Waals surface area contributed by atoms with Crippen LogP contribution in [0, 0.1) is 0 Å². The van der Waals surface area contributed by atoms with Gasteiger partial charge in [0.15, 0.2) is 0 Å². The molecule has 1 aromatic heterocycles. The standard InChI is InChI=1S/C13H12N2O2/c14-13(16)11-6-4-10(5-7-11)9-17-12-3-1-2-8-15-12/h1-8H,9H2,(H2,14,16). The molecule has 1 amide bonds. The van der Waals surface area contributed by atoms with E-state index in [1.807, 2.05) is 24.3 Å². The van der Waals surface area contributed by atoms with E-state index in [1.54, 1.807) is 24.4 Å². The molecule has 0 saturated carbocycles. The number of rotatable bonds is 4. The van der Waals surface area contributed by atoms with Crippen LogP contribution in [-0.2, 0) is 6.61 Å². The van der Waals surface area contributed by atoms with Crippen molar-refractivity contribution in [2.24, 2.45) is 5.73 Å². The van der Waals surface area contributed by atoms with E-state index in [9.17, 15) is 4.79 Å². The van der Waals surface area contributed by atoms with Crippen LogP contribution in [0.3, 0.4) is 0 Å². The number of benzene rings is 1. The van der Waals surface area contributed by atoms with Crippen molar-refractivity contribution in [3.8, 4) is 5.88 Å². The van der Waals surface area contributed by atoms with E-state index in [0.717, 1.165) is 5.56 Å². The topological polar surface area (TPSA) is 65.2 Å². The summed E-state index contributed by atoms with van der Waals surface area (Å²) < 4.78 is 5.47. The second kappa shape index (κ2) is 5.12. The highest BCUT2D eigenvalue weighted by Gasteiger charge is 2.00. The summed E-state index contributed by atoms with van der Waals surface area (Å²) in [5, 5.41) is 0. The average Bonchev–Trinajstić information content (AvgIpc) is 2.38.